The number of hydrogen-bond donors (Lipinski definition) is 1. The van der Waals surface area contributed by atoms with Crippen LogP contribution in [0.15, 0.2) is 24.3 Å². The number of allylic oxidation sites excluding steroid dienone is 4. The van der Waals surface area contributed by atoms with Crippen LogP contribution in [0.2, 0.25) is 0 Å². The van der Waals surface area contributed by atoms with Crippen molar-refractivity contribution in [2.75, 3.05) is 53.9 Å². The molecule has 1 aliphatic heterocycles. The van der Waals surface area contributed by atoms with Crippen molar-refractivity contribution in [3.05, 3.63) is 24.3 Å². The SMILES string of the molecule is CC/C=C/CCCCCCCC(=O)CCCN1CC[N+](C)=C1CCCCCCCCC(CC)S(=O)(=O)[O-].CC/C=C/CCCCCCCC(=O)NCCCN(C)C.[Na+]. The summed E-state index contributed by atoms with van der Waals surface area (Å²) in [6.45, 7) is 11.1. The Hall–Kier alpha value is -1.04. The Kier molecular flexibility index (Phi) is 42.1. The number of nitrogens with one attached hydrogen (secondary N) is 1. The normalized spacial score (nSPS) is 13.7. The first-order chi connectivity index (χ1) is 27.5. The van der Waals surface area contributed by atoms with E-state index in [1.54, 1.807) is 6.92 Å². The number of carbonyl (C=O) groups excluding carboxylic acids is 2. The first-order valence-corrected chi connectivity index (χ1v) is 24.9. The number of hydrogen-bond acceptors (Lipinski definition) is 7. The number of unbranched alkanes of at least 4 members (excludes halogenated alkanes) is 15. The van der Waals surface area contributed by atoms with E-state index in [0.717, 1.165) is 116 Å². The molecule has 1 amide bonds. The van der Waals surface area contributed by atoms with E-state index >= 15 is 0 Å². The van der Waals surface area contributed by atoms with Crippen LogP contribution >= 0.6 is 0 Å². The molecule has 1 unspecified atom stereocenters. The molecule has 1 rings (SSSR count). The molecule has 0 saturated carbocycles. The first-order valence-electron chi connectivity index (χ1n) is 23.5. The zero-order valence-electron chi connectivity index (χ0n) is 39.0. The Morgan fingerprint density at radius 2 is 1.26 bits per heavy atom. The summed E-state index contributed by atoms with van der Waals surface area (Å²) in [4.78, 5) is 28.5. The Bertz CT molecular complexity index is 1190. The summed E-state index contributed by atoms with van der Waals surface area (Å²) in [5, 5.41) is 2.28. The number of Topliss-reactive ketones (excluding diaryl/α,β-unsaturated/α-hetero) is 1. The number of rotatable bonds is 37. The van der Waals surface area contributed by atoms with E-state index in [-0.39, 0.29) is 35.5 Å². The van der Waals surface area contributed by atoms with Gasteiger partial charge in [-0.25, -0.2) is 8.42 Å². The molecule has 0 aliphatic carbocycles. The van der Waals surface area contributed by atoms with E-state index in [4.69, 9.17) is 0 Å². The zero-order chi connectivity index (χ0) is 42.4. The van der Waals surface area contributed by atoms with Gasteiger partial charge in [-0.2, -0.15) is 0 Å². The van der Waals surface area contributed by atoms with E-state index in [1.165, 1.54) is 76.5 Å². The summed E-state index contributed by atoms with van der Waals surface area (Å²) in [6.07, 6.45) is 38.3. The second-order valence-electron chi connectivity index (χ2n) is 16.5. The zero-order valence-corrected chi connectivity index (χ0v) is 41.8. The van der Waals surface area contributed by atoms with Crippen LogP contribution in [0.3, 0.4) is 0 Å². The van der Waals surface area contributed by atoms with Crippen molar-refractivity contribution in [3.63, 3.8) is 0 Å². The minimum absolute atomic E-state index is 0. The number of carbonyl (C=O) groups is 2. The standard InChI is InChI=1S/C30H56N2O4S.C17H34N2O.Na/c1-4-6-7-8-9-10-11-14-17-21-28(33)22-20-25-32-27-26-31(3)30(32)24-19-16-13-12-15-18-23-29(5-2)37(34,35)36;1-4-5-6-7-8-9-10-11-12-14-17(20)18-15-13-16-19(2)3;/h6-7,29H,4-5,8-27H2,1-3H3;5-6H,4,7-16H2,1-3H3,(H,18,20);/q;;+1/b7-6+;6-5+;. The van der Waals surface area contributed by atoms with E-state index in [1.807, 2.05) is 0 Å². The van der Waals surface area contributed by atoms with E-state index < -0.39 is 15.4 Å². The monoisotopic (exact) mass is 846 g/mol. The molecule has 1 aliphatic rings. The molecule has 0 saturated heterocycles. The van der Waals surface area contributed by atoms with Gasteiger partial charge in [-0.3, -0.25) is 19.1 Å². The van der Waals surface area contributed by atoms with Crippen LogP contribution in [0.4, 0.5) is 0 Å². The molecule has 0 fully saturated rings. The third kappa shape index (κ3) is 36.8. The molecular weight excluding hydrogens is 756 g/mol. The minimum atomic E-state index is -4.14. The third-order valence-corrected chi connectivity index (χ3v) is 12.3. The van der Waals surface area contributed by atoms with Crippen molar-refractivity contribution in [2.24, 2.45) is 0 Å². The summed E-state index contributed by atoms with van der Waals surface area (Å²) < 4.78 is 35.9. The van der Waals surface area contributed by atoms with Crippen molar-refractivity contribution in [3.8, 4) is 0 Å². The molecule has 0 aromatic carbocycles. The topological polar surface area (TPSA) is 113 Å². The molecule has 11 heteroatoms. The molecule has 1 atom stereocenters. The maximum absolute atomic E-state index is 12.3. The maximum atomic E-state index is 12.3. The van der Waals surface area contributed by atoms with Crippen LogP contribution in [-0.4, -0.2) is 104 Å². The predicted octanol–water partition coefficient (Wildman–Crippen LogP) is 7.59. The first kappa shape index (κ1) is 59.1. The second-order valence-corrected chi connectivity index (χ2v) is 18.2. The van der Waals surface area contributed by atoms with Crippen LogP contribution in [0.25, 0.3) is 0 Å². The molecule has 9 nitrogen and oxygen atoms in total. The molecule has 0 aromatic rings. The average molecular weight is 846 g/mol. The van der Waals surface area contributed by atoms with Crippen LogP contribution in [0, 0.1) is 0 Å². The minimum Gasteiger partial charge on any atom is -0.748 e. The van der Waals surface area contributed by atoms with Crippen molar-refractivity contribution in [2.45, 2.75) is 206 Å². The van der Waals surface area contributed by atoms with E-state index in [9.17, 15) is 22.6 Å². The molecular formula is C47H90N4NaO5S+. The smallest absolute Gasteiger partial charge is 0.748 e. The number of nitrogens with zero attached hydrogens (tertiary/aromatic N) is 3. The van der Waals surface area contributed by atoms with Gasteiger partial charge in [-0.05, 0) is 104 Å². The Labute approximate surface area is 381 Å². The van der Waals surface area contributed by atoms with Crippen molar-refractivity contribution in [1.82, 2.24) is 15.1 Å². The van der Waals surface area contributed by atoms with Gasteiger partial charge in [0, 0.05) is 37.5 Å². The molecule has 58 heavy (non-hydrogen) atoms. The fourth-order valence-corrected chi connectivity index (χ4v) is 8.20. The average Bonchev–Trinajstić information content (AvgIpc) is 3.52. The number of amides is 1. The van der Waals surface area contributed by atoms with Crippen LogP contribution in [-0.2, 0) is 19.7 Å². The number of amidine groups is 1. The van der Waals surface area contributed by atoms with Gasteiger partial charge in [-0.15, -0.1) is 0 Å². The van der Waals surface area contributed by atoms with Crippen LogP contribution in [0.5, 0.6) is 0 Å². The van der Waals surface area contributed by atoms with Gasteiger partial charge in [0.15, 0.2) is 0 Å². The number of ketones is 1. The third-order valence-electron chi connectivity index (χ3n) is 10.9. The molecule has 1 heterocycles. The summed E-state index contributed by atoms with van der Waals surface area (Å²) in [7, 11) is 2.14. The van der Waals surface area contributed by atoms with Gasteiger partial charge in [0.05, 0.1) is 23.7 Å². The van der Waals surface area contributed by atoms with Crippen LogP contribution < -0.4 is 34.9 Å². The fourth-order valence-electron chi connectivity index (χ4n) is 7.34. The molecule has 0 spiro atoms. The van der Waals surface area contributed by atoms with Crippen LogP contribution in [0.1, 0.15) is 201 Å². The summed E-state index contributed by atoms with van der Waals surface area (Å²) in [6, 6.07) is 0. The van der Waals surface area contributed by atoms with Gasteiger partial charge in [0.1, 0.15) is 18.9 Å². The summed E-state index contributed by atoms with van der Waals surface area (Å²) in [5.41, 5.74) is 0. The van der Waals surface area contributed by atoms with Crippen molar-refractivity contribution in [1.29, 1.82) is 0 Å². The van der Waals surface area contributed by atoms with E-state index in [2.05, 4.69) is 79.0 Å². The van der Waals surface area contributed by atoms with Gasteiger partial charge in [-0.1, -0.05) is 116 Å². The largest absolute Gasteiger partial charge is 1.00 e. The predicted molar refractivity (Wildman–Crippen MR) is 242 cm³/mol. The summed E-state index contributed by atoms with van der Waals surface area (Å²) in [5.74, 6) is 2.07. The van der Waals surface area contributed by atoms with Gasteiger partial charge in [0.25, 0.3) is 0 Å². The summed E-state index contributed by atoms with van der Waals surface area (Å²) >= 11 is 0. The quantitative estimate of drug-likeness (QED) is 0.0226. The van der Waals surface area contributed by atoms with Gasteiger partial charge in [0.2, 0.25) is 11.7 Å². The molecule has 334 valence electrons. The van der Waals surface area contributed by atoms with Crippen molar-refractivity contribution < 1.29 is 56.7 Å². The molecule has 0 radical (unpaired) electrons. The second kappa shape index (κ2) is 41.3. The molecule has 0 bridgehead atoms. The van der Waals surface area contributed by atoms with Crippen molar-refractivity contribution >= 4 is 27.6 Å². The van der Waals surface area contributed by atoms with Gasteiger partial charge >= 0.3 is 29.6 Å². The molecule has 1 N–H and O–H groups in total. The fraction of sp³-hybridized carbons (Fsp3) is 0.851. The molecule has 0 aromatic heterocycles. The van der Waals surface area contributed by atoms with E-state index in [0.29, 0.717) is 31.5 Å². The maximum Gasteiger partial charge on any atom is 1.00 e. The Morgan fingerprint density at radius 1 is 0.741 bits per heavy atom. The number of likely N-dealkylation sites (N-methyl/N-ethyl adjacent to an activating group) is 1. The Morgan fingerprint density at radius 3 is 1.81 bits per heavy atom. The van der Waals surface area contributed by atoms with Gasteiger partial charge < -0.3 is 14.8 Å². The Balaban J connectivity index is 0.